The molecular weight excluding hydrogens is 308 g/mol. The number of urea groups is 1. The van der Waals surface area contributed by atoms with Gasteiger partial charge in [0, 0.05) is 25.0 Å². The Balaban J connectivity index is 1.72. The van der Waals surface area contributed by atoms with Crippen LogP contribution in [-0.2, 0) is 17.7 Å². The lowest BCUT2D eigenvalue weighted by Crippen LogP contribution is -2.38. The fourth-order valence-corrected chi connectivity index (χ4v) is 2.96. The van der Waals surface area contributed by atoms with E-state index < -0.39 is 0 Å². The van der Waals surface area contributed by atoms with Gasteiger partial charge in [0.15, 0.2) is 0 Å². The molecule has 0 saturated heterocycles. The zero-order chi connectivity index (χ0) is 17.1. The van der Waals surface area contributed by atoms with Gasteiger partial charge in [0.1, 0.15) is 5.75 Å². The van der Waals surface area contributed by atoms with Crippen molar-refractivity contribution < 1.29 is 14.3 Å². The first-order valence-corrected chi connectivity index (χ1v) is 7.91. The Hall–Kier alpha value is -2.54. The minimum atomic E-state index is -0.155. The number of aromatic nitrogens is 2. The Bertz CT molecular complexity index is 728. The van der Waals surface area contributed by atoms with Crippen molar-refractivity contribution in [3.8, 4) is 5.75 Å². The molecule has 0 aliphatic carbocycles. The number of benzene rings is 1. The second kappa shape index (κ2) is 6.92. The largest absolute Gasteiger partial charge is 0.497 e. The minimum absolute atomic E-state index is 0.0932. The van der Waals surface area contributed by atoms with Gasteiger partial charge in [-0.15, -0.1) is 0 Å². The fraction of sp³-hybridized carbons (Fsp3) is 0.412. The standard InChI is InChI=1S/C17H22N4O3/c1-12-8-13-9-15(24-3)4-5-16(13)21(12)17(22)19-14-10-18-20(11-14)6-7-23-2/h4-5,9-12H,6-8H2,1-3H3,(H,19,22). The molecule has 7 heteroatoms. The highest BCUT2D eigenvalue weighted by molar-refractivity contribution is 6.03. The van der Waals surface area contributed by atoms with Crippen LogP contribution in [0.3, 0.4) is 0 Å². The second-order valence-electron chi connectivity index (χ2n) is 5.83. The van der Waals surface area contributed by atoms with Crippen LogP contribution in [0.25, 0.3) is 0 Å². The molecule has 1 aliphatic rings. The summed E-state index contributed by atoms with van der Waals surface area (Å²) in [6.45, 7) is 3.26. The lowest BCUT2D eigenvalue weighted by Gasteiger charge is -2.22. The van der Waals surface area contributed by atoms with Crippen LogP contribution in [0.5, 0.6) is 5.75 Å². The van der Waals surface area contributed by atoms with Crippen molar-refractivity contribution in [1.29, 1.82) is 0 Å². The van der Waals surface area contributed by atoms with Gasteiger partial charge >= 0.3 is 6.03 Å². The van der Waals surface area contributed by atoms with Gasteiger partial charge in [-0.1, -0.05) is 0 Å². The third kappa shape index (κ3) is 3.21. The average Bonchev–Trinajstić information content (AvgIpc) is 3.14. The summed E-state index contributed by atoms with van der Waals surface area (Å²) in [6.07, 6.45) is 4.25. The molecule has 1 aromatic carbocycles. The Labute approximate surface area is 141 Å². The number of amides is 2. The van der Waals surface area contributed by atoms with E-state index in [2.05, 4.69) is 10.4 Å². The monoisotopic (exact) mass is 330 g/mol. The van der Waals surface area contributed by atoms with Crippen LogP contribution in [0, 0.1) is 0 Å². The Kier molecular flexibility index (Phi) is 4.71. The molecule has 2 amide bonds. The van der Waals surface area contributed by atoms with Crippen molar-refractivity contribution in [3.05, 3.63) is 36.2 Å². The summed E-state index contributed by atoms with van der Waals surface area (Å²) >= 11 is 0. The molecule has 0 bridgehead atoms. The predicted molar refractivity (Wildman–Crippen MR) is 91.8 cm³/mol. The number of methoxy groups -OCH3 is 2. The maximum Gasteiger partial charge on any atom is 0.326 e. The van der Waals surface area contributed by atoms with Crippen LogP contribution in [0.4, 0.5) is 16.2 Å². The number of nitrogens with one attached hydrogen (secondary N) is 1. The van der Waals surface area contributed by atoms with Gasteiger partial charge in [0.2, 0.25) is 0 Å². The van der Waals surface area contributed by atoms with Gasteiger partial charge in [0.05, 0.1) is 32.1 Å². The van der Waals surface area contributed by atoms with E-state index in [-0.39, 0.29) is 12.1 Å². The highest BCUT2D eigenvalue weighted by Gasteiger charge is 2.31. The normalized spacial score (nSPS) is 16.1. The van der Waals surface area contributed by atoms with Crippen molar-refractivity contribution >= 4 is 17.4 Å². The lowest BCUT2D eigenvalue weighted by molar-refractivity contribution is 0.183. The lowest BCUT2D eigenvalue weighted by atomic mass is 10.1. The Morgan fingerprint density at radius 3 is 3.00 bits per heavy atom. The summed E-state index contributed by atoms with van der Waals surface area (Å²) < 4.78 is 12.0. The topological polar surface area (TPSA) is 68.6 Å². The molecule has 1 unspecified atom stereocenters. The molecule has 0 spiro atoms. The number of hydrogen-bond donors (Lipinski definition) is 1. The second-order valence-corrected chi connectivity index (χ2v) is 5.83. The molecule has 0 fully saturated rings. The van der Waals surface area contributed by atoms with Gasteiger partial charge < -0.3 is 14.8 Å². The molecular formula is C17H22N4O3. The zero-order valence-corrected chi connectivity index (χ0v) is 14.2. The minimum Gasteiger partial charge on any atom is -0.497 e. The molecule has 3 rings (SSSR count). The number of nitrogens with zero attached hydrogens (tertiary/aromatic N) is 3. The van der Waals surface area contributed by atoms with Crippen LogP contribution >= 0.6 is 0 Å². The number of anilines is 2. The summed E-state index contributed by atoms with van der Waals surface area (Å²) in [4.78, 5) is 14.5. The van der Waals surface area contributed by atoms with Crippen LogP contribution in [0.1, 0.15) is 12.5 Å². The van der Waals surface area contributed by atoms with E-state index in [9.17, 15) is 4.79 Å². The van der Waals surface area contributed by atoms with Crippen molar-refractivity contribution in [2.45, 2.75) is 25.9 Å². The van der Waals surface area contributed by atoms with Gasteiger partial charge in [-0.3, -0.25) is 9.58 Å². The summed E-state index contributed by atoms with van der Waals surface area (Å²) in [5, 5.41) is 7.12. The molecule has 128 valence electrons. The number of fused-ring (bicyclic) bond motifs is 1. The quantitative estimate of drug-likeness (QED) is 0.915. The average molecular weight is 330 g/mol. The van der Waals surface area contributed by atoms with Crippen LogP contribution in [0.15, 0.2) is 30.6 Å². The summed E-state index contributed by atoms with van der Waals surface area (Å²) in [6, 6.07) is 5.73. The Morgan fingerprint density at radius 2 is 2.25 bits per heavy atom. The van der Waals surface area contributed by atoms with Crippen molar-refractivity contribution in [2.75, 3.05) is 31.0 Å². The predicted octanol–water partition coefficient (Wildman–Crippen LogP) is 2.52. The van der Waals surface area contributed by atoms with Crippen LogP contribution < -0.4 is 15.0 Å². The molecule has 7 nitrogen and oxygen atoms in total. The Morgan fingerprint density at radius 1 is 1.42 bits per heavy atom. The smallest absolute Gasteiger partial charge is 0.326 e. The van der Waals surface area contributed by atoms with E-state index in [1.807, 2.05) is 25.1 Å². The maximum absolute atomic E-state index is 12.7. The summed E-state index contributed by atoms with van der Waals surface area (Å²) in [7, 11) is 3.29. The molecule has 2 heterocycles. The highest BCUT2D eigenvalue weighted by Crippen LogP contribution is 2.35. The van der Waals surface area contributed by atoms with Crippen molar-refractivity contribution in [1.82, 2.24) is 9.78 Å². The third-order valence-electron chi connectivity index (χ3n) is 4.13. The molecule has 1 atom stereocenters. The zero-order valence-electron chi connectivity index (χ0n) is 14.2. The first-order valence-electron chi connectivity index (χ1n) is 7.91. The van der Waals surface area contributed by atoms with Crippen LogP contribution in [0.2, 0.25) is 0 Å². The highest BCUT2D eigenvalue weighted by atomic mass is 16.5. The fourth-order valence-electron chi connectivity index (χ4n) is 2.96. The maximum atomic E-state index is 12.7. The van der Waals surface area contributed by atoms with Gasteiger partial charge in [-0.25, -0.2) is 4.79 Å². The van der Waals surface area contributed by atoms with E-state index in [1.165, 1.54) is 0 Å². The van der Waals surface area contributed by atoms with Crippen molar-refractivity contribution in [3.63, 3.8) is 0 Å². The van der Waals surface area contributed by atoms with Gasteiger partial charge in [-0.2, -0.15) is 5.10 Å². The van der Waals surface area contributed by atoms with Gasteiger partial charge in [-0.05, 0) is 37.1 Å². The number of carbonyl (C=O) groups excluding carboxylic acids is 1. The number of rotatable bonds is 5. The molecule has 1 aromatic heterocycles. The molecule has 0 saturated carbocycles. The number of carbonyl (C=O) groups is 1. The summed E-state index contributed by atoms with van der Waals surface area (Å²) in [5.41, 5.74) is 2.71. The molecule has 2 aromatic rings. The molecule has 1 aliphatic heterocycles. The van der Waals surface area contributed by atoms with E-state index in [4.69, 9.17) is 9.47 Å². The molecule has 1 N–H and O–H groups in total. The van der Waals surface area contributed by atoms with E-state index in [1.54, 1.807) is 36.2 Å². The molecule has 24 heavy (non-hydrogen) atoms. The van der Waals surface area contributed by atoms with E-state index >= 15 is 0 Å². The van der Waals surface area contributed by atoms with Crippen LogP contribution in [-0.4, -0.2) is 42.7 Å². The SMILES string of the molecule is COCCn1cc(NC(=O)N2c3ccc(OC)cc3CC2C)cn1. The third-order valence-corrected chi connectivity index (χ3v) is 4.13. The molecule has 0 radical (unpaired) electrons. The number of hydrogen-bond acceptors (Lipinski definition) is 4. The van der Waals surface area contributed by atoms with E-state index in [0.717, 1.165) is 23.4 Å². The van der Waals surface area contributed by atoms with Crippen molar-refractivity contribution in [2.24, 2.45) is 0 Å². The first-order chi connectivity index (χ1) is 11.6. The van der Waals surface area contributed by atoms with Gasteiger partial charge in [0.25, 0.3) is 0 Å². The first kappa shape index (κ1) is 16.3. The number of ether oxygens (including phenoxy) is 2. The van der Waals surface area contributed by atoms with E-state index in [0.29, 0.717) is 18.8 Å². The summed E-state index contributed by atoms with van der Waals surface area (Å²) in [5.74, 6) is 0.808.